The van der Waals surface area contributed by atoms with Crippen LogP contribution in [0.5, 0.6) is 0 Å². The third-order valence-corrected chi connectivity index (χ3v) is 4.31. The van der Waals surface area contributed by atoms with E-state index in [-0.39, 0.29) is 11.9 Å². The molecular formula is C19H18ClN3O2. The van der Waals surface area contributed by atoms with Gasteiger partial charge in [0.05, 0.1) is 0 Å². The molecule has 2 aromatic carbocycles. The van der Waals surface area contributed by atoms with Crippen molar-refractivity contribution in [2.45, 2.75) is 19.4 Å². The van der Waals surface area contributed by atoms with Crippen LogP contribution in [0.1, 0.15) is 29.3 Å². The van der Waals surface area contributed by atoms with Crippen LogP contribution in [0.15, 0.2) is 48.5 Å². The first-order valence-corrected chi connectivity index (χ1v) is 8.35. The molecule has 0 aromatic heterocycles. The molecule has 128 valence electrons. The molecular weight excluding hydrogens is 338 g/mol. The van der Waals surface area contributed by atoms with Gasteiger partial charge in [-0.15, -0.1) is 0 Å². The van der Waals surface area contributed by atoms with E-state index in [9.17, 15) is 9.59 Å². The summed E-state index contributed by atoms with van der Waals surface area (Å²) in [6.07, 6.45) is 2.68. The Morgan fingerprint density at radius 3 is 2.80 bits per heavy atom. The Balaban J connectivity index is 1.89. The van der Waals surface area contributed by atoms with Crippen LogP contribution in [0.3, 0.4) is 0 Å². The zero-order chi connectivity index (χ0) is 18.0. The molecule has 6 heteroatoms. The van der Waals surface area contributed by atoms with E-state index in [1.807, 2.05) is 37.3 Å². The number of fused-ring (bicyclic) bond motifs is 1. The molecule has 0 saturated heterocycles. The molecule has 0 radical (unpaired) electrons. The molecule has 1 unspecified atom stereocenters. The van der Waals surface area contributed by atoms with Crippen molar-refractivity contribution in [2.75, 3.05) is 10.6 Å². The highest BCUT2D eigenvalue weighted by molar-refractivity contribution is 6.32. The minimum absolute atomic E-state index is 0.0408. The number of hydrogen-bond acceptors (Lipinski definition) is 3. The van der Waals surface area contributed by atoms with Crippen molar-refractivity contribution in [1.82, 2.24) is 0 Å². The van der Waals surface area contributed by atoms with Crippen molar-refractivity contribution in [3.05, 3.63) is 64.7 Å². The van der Waals surface area contributed by atoms with Gasteiger partial charge in [0.25, 0.3) is 5.91 Å². The first-order valence-electron chi connectivity index (χ1n) is 7.97. The summed E-state index contributed by atoms with van der Waals surface area (Å²) in [7, 11) is 0. The van der Waals surface area contributed by atoms with E-state index in [0.29, 0.717) is 21.8 Å². The minimum Gasteiger partial charge on any atom is -0.379 e. The molecule has 0 saturated carbocycles. The number of carbonyl (C=O) groups excluding carboxylic acids is 2. The topological polar surface area (TPSA) is 84.2 Å². The Bertz CT molecular complexity index is 877. The summed E-state index contributed by atoms with van der Waals surface area (Å²) in [5.41, 5.74) is 8.49. The van der Waals surface area contributed by atoms with E-state index in [2.05, 4.69) is 10.6 Å². The van der Waals surface area contributed by atoms with Crippen LogP contribution in [0.25, 0.3) is 5.57 Å². The summed E-state index contributed by atoms with van der Waals surface area (Å²) in [5.74, 6) is -0.716. The lowest BCUT2D eigenvalue weighted by Gasteiger charge is -2.15. The lowest BCUT2D eigenvalue weighted by atomic mass is 10.0. The molecule has 2 amide bonds. The van der Waals surface area contributed by atoms with Gasteiger partial charge in [-0.3, -0.25) is 9.59 Å². The third kappa shape index (κ3) is 3.67. The maximum absolute atomic E-state index is 12.3. The zero-order valence-electron chi connectivity index (χ0n) is 13.7. The van der Waals surface area contributed by atoms with Gasteiger partial charge in [0.1, 0.15) is 0 Å². The molecule has 0 bridgehead atoms. The Hall–Kier alpha value is -2.79. The fourth-order valence-corrected chi connectivity index (χ4v) is 2.96. The van der Waals surface area contributed by atoms with Gasteiger partial charge in [0.2, 0.25) is 5.91 Å². The highest BCUT2D eigenvalue weighted by atomic mass is 35.5. The fraction of sp³-hybridized carbons (Fsp3) is 0.158. The van der Waals surface area contributed by atoms with Gasteiger partial charge in [-0.25, -0.2) is 0 Å². The summed E-state index contributed by atoms with van der Waals surface area (Å²) in [6, 6.07) is 12.4. The first-order chi connectivity index (χ1) is 12.0. The van der Waals surface area contributed by atoms with Crippen molar-refractivity contribution in [2.24, 2.45) is 5.73 Å². The Morgan fingerprint density at radius 1 is 1.32 bits per heavy atom. The standard InChI is InChI=1S/C19H18ClN3O2/c1-2-13(22-14-5-3-4-12(20)9-14)10-16-15-7-6-11(18(21)24)8-17(15)23-19(16)25/h3-10,13,22H,2H2,1H3,(H2,21,24)(H,23,25). The maximum atomic E-state index is 12.3. The van der Waals surface area contributed by atoms with Crippen LogP contribution in [-0.4, -0.2) is 17.9 Å². The molecule has 0 fully saturated rings. The van der Waals surface area contributed by atoms with E-state index in [1.165, 1.54) is 0 Å². The second kappa shape index (κ2) is 6.99. The van der Waals surface area contributed by atoms with E-state index in [1.54, 1.807) is 18.2 Å². The van der Waals surface area contributed by atoms with Gasteiger partial charge in [0, 0.05) is 39.1 Å². The number of amides is 2. The van der Waals surface area contributed by atoms with E-state index < -0.39 is 5.91 Å². The number of halogens is 1. The number of nitrogens with two attached hydrogens (primary N) is 1. The molecule has 1 atom stereocenters. The van der Waals surface area contributed by atoms with Gasteiger partial charge in [0.15, 0.2) is 0 Å². The Morgan fingerprint density at radius 2 is 2.12 bits per heavy atom. The SMILES string of the molecule is CCC(C=C1C(=O)Nc2cc(C(N)=O)ccc21)Nc1cccc(Cl)c1. The van der Waals surface area contributed by atoms with Crippen molar-refractivity contribution in [3.63, 3.8) is 0 Å². The summed E-state index contributed by atoms with van der Waals surface area (Å²) in [5, 5.41) is 6.79. The highest BCUT2D eigenvalue weighted by Gasteiger charge is 2.25. The molecule has 0 spiro atoms. The van der Waals surface area contributed by atoms with Crippen LogP contribution in [0.4, 0.5) is 11.4 Å². The molecule has 2 aromatic rings. The van der Waals surface area contributed by atoms with Crippen molar-refractivity contribution in [3.8, 4) is 0 Å². The summed E-state index contributed by atoms with van der Waals surface area (Å²) < 4.78 is 0. The molecule has 5 nitrogen and oxygen atoms in total. The highest BCUT2D eigenvalue weighted by Crippen LogP contribution is 2.33. The smallest absolute Gasteiger partial charge is 0.256 e. The zero-order valence-corrected chi connectivity index (χ0v) is 14.4. The van der Waals surface area contributed by atoms with Crippen molar-refractivity contribution in [1.29, 1.82) is 0 Å². The lowest BCUT2D eigenvalue weighted by Crippen LogP contribution is -2.17. The van der Waals surface area contributed by atoms with Gasteiger partial charge >= 0.3 is 0 Å². The van der Waals surface area contributed by atoms with E-state index in [4.69, 9.17) is 17.3 Å². The number of rotatable bonds is 5. The molecule has 0 aliphatic carbocycles. The predicted molar refractivity (Wildman–Crippen MR) is 101 cm³/mol. The van der Waals surface area contributed by atoms with Gasteiger partial charge in [-0.05, 0) is 42.8 Å². The molecule has 1 aliphatic rings. The lowest BCUT2D eigenvalue weighted by molar-refractivity contribution is -0.110. The number of primary amides is 1. The van der Waals surface area contributed by atoms with E-state index >= 15 is 0 Å². The van der Waals surface area contributed by atoms with Gasteiger partial charge < -0.3 is 16.4 Å². The monoisotopic (exact) mass is 355 g/mol. The number of nitrogens with one attached hydrogen (secondary N) is 2. The molecule has 25 heavy (non-hydrogen) atoms. The second-order valence-corrected chi connectivity index (χ2v) is 6.26. The van der Waals surface area contributed by atoms with Crippen LogP contribution < -0.4 is 16.4 Å². The fourth-order valence-electron chi connectivity index (χ4n) is 2.77. The summed E-state index contributed by atoms with van der Waals surface area (Å²) >= 11 is 6.01. The predicted octanol–water partition coefficient (Wildman–Crippen LogP) is 3.67. The summed E-state index contributed by atoms with van der Waals surface area (Å²) in [6.45, 7) is 2.03. The minimum atomic E-state index is -0.525. The third-order valence-electron chi connectivity index (χ3n) is 4.07. The average molecular weight is 356 g/mol. The molecule has 1 aliphatic heterocycles. The average Bonchev–Trinajstić information content (AvgIpc) is 2.89. The van der Waals surface area contributed by atoms with Crippen LogP contribution >= 0.6 is 11.6 Å². The first kappa shape index (κ1) is 17.0. The number of carbonyl (C=O) groups is 2. The van der Waals surface area contributed by atoms with Crippen molar-refractivity contribution >= 4 is 40.4 Å². The largest absolute Gasteiger partial charge is 0.379 e. The van der Waals surface area contributed by atoms with Crippen LogP contribution in [0.2, 0.25) is 5.02 Å². The Labute approximate surface area is 150 Å². The maximum Gasteiger partial charge on any atom is 0.256 e. The van der Waals surface area contributed by atoms with Crippen LogP contribution in [-0.2, 0) is 4.79 Å². The van der Waals surface area contributed by atoms with Gasteiger partial charge in [-0.1, -0.05) is 30.7 Å². The number of hydrogen-bond donors (Lipinski definition) is 3. The van der Waals surface area contributed by atoms with Crippen LogP contribution in [0, 0.1) is 0 Å². The quantitative estimate of drug-likeness (QED) is 0.715. The van der Waals surface area contributed by atoms with E-state index in [0.717, 1.165) is 17.7 Å². The Kier molecular flexibility index (Phi) is 4.76. The molecule has 4 N–H and O–H groups in total. The number of benzene rings is 2. The molecule has 1 heterocycles. The van der Waals surface area contributed by atoms with Gasteiger partial charge in [-0.2, -0.15) is 0 Å². The second-order valence-electron chi connectivity index (χ2n) is 5.83. The normalized spacial score (nSPS) is 15.6. The van der Waals surface area contributed by atoms with Crippen molar-refractivity contribution < 1.29 is 9.59 Å². The molecule has 3 rings (SSSR count). The summed E-state index contributed by atoms with van der Waals surface area (Å²) in [4.78, 5) is 23.6. The number of anilines is 2.